The zero-order valence-electron chi connectivity index (χ0n) is 16.3. The van der Waals surface area contributed by atoms with Gasteiger partial charge in [0.25, 0.3) is 0 Å². The molecular weight excluding hydrogens is 368 g/mol. The van der Waals surface area contributed by atoms with Gasteiger partial charge in [0.15, 0.2) is 0 Å². The van der Waals surface area contributed by atoms with Gasteiger partial charge in [0, 0.05) is 35.5 Å². The molecule has 2 atom stereocenters. The van der Waals surface area contributed by atoms with Crippen molar-refractivity contribution >= 4 is 23.2 Å². The third-order valence-corrected chi connectivity index (χ3v) is 5.21. The molecule has 3 N–H and O–H groups in total. The lowest BCUT2D eigenvalue weighted by Gasteiger charge is -2.39. The average Bonchev–Trinajstić information content (AvgIpc) is 3.22. The Bertz CT molecular complexity index is 1040. The third kappa shape index (κ3) is 3.59. The quantitative estimate of drug-likeness (QED) is 0.707. The van der Waals surface area contributed by atoms with Crippen molar-refractivity contribution in [2.45, 2.75) is 32.4 Å². The topological polar surface area (TPSA) is 101 Å². The lowest BCUT2D eigenvalue weighted by molar-refractivity contribution is -0.117. The van der Waals surface area contributed by atoms with Crippen molar-refractivity contribution in [3.05, 3.63) is 66.1 Å². The van der Waals surface area contributed by atoms with Crippen LogP contribution in [0.3, 0.4) is 0 Å². The van der Waals surface area contributed by atoms with E-state index >= 15 is 0 Å². The first kappa shape index (κ1) is 18.7. The summed E-state index contributed by atoms with van der Waals surface area (Å²) in [4.78, 5) is 29.8. The second kappa shape index (κ2) is 7.43. The summed E-state index contributed by atoms with van der Waals surface area (Å²) in [6.07, 6.45) is 3.86. The highest BCUT2D eigenvalue weighted by molar-refractivity contribution is 5.97. The molecule has 0 saturated heterocycles. The number of nitrogens with one attached hydrogen (secondary N) is 1. The van der Waals surface area contributed by atoms with E-state index in [2.05, 4.69) is 10.3 Å². The van der Waals surface area contributed by atoms with Crippen LogP contribution in [-0.2, 0) is 4.79 Å². The van der Waals surface area contributed by atoms with Gasteiger partial charge in [-0.3, -0.25) is 9.59 Å². The lowest BCUT2D eigenvalue weighted by atomic mass is 9.90. The molecule has 2 amide bonds. The molecule has 1 aliphatic rings. The minimum atomic E-state index is -0.491. The van der Waals surface area contributed by atoms with Crippen molar-refractivity contribution < 1.29 is 14.0 Å². The van der Waals surface area contributed by atoms with E-state index < -0.39 is 5.91 Å². The summed E-state index contributed by atoms with van der Waals surface area (Å²) in [6.45, 7) is 3.57. The number of carbonyl (C=O) groups is 2. The third-order valence-electron chi connectivity index (χ3n) is 5.21. The maximum absolute atomic E-state index is 12.2. The van der Waals surface area contributed by atoms with Gasteiger partial charge in [-0.1, -0.05) is 0 Å². The number of primary amides is 1. The zero-order valence-corrected chi connectivity index (χ0v) is 16.3. The van der Waals surface area contributed by atoms with Gasteiger partial charge in [0.1, 0.15) is 6.26 Å². The first-order valence-corrected chi connectivity index (χ1v) is 9.44. The fourth-order valence-electron chi connectivity index (χ4n) is 3.91. The number of nitrogens with zero attached hydrogens (tertiary/aromatic N) is 2. The van der Waals surface area contributed by atoms with Gasteiger partial charge in [-0.25, -0.2) is 4.98 Å². The van der Waals surface area contributed by atoms with E-state index in [4.69, 9.17) is 10.2 Å². The van der Waals surface area contributed by atoms with Gasteiger partial charge >= 0.3 is 0 Å². The molecule has 3 aromatic rings. The fourth-order valence-corrected chi connectivity index (χ4v) is 3.91. The number of amides is 2. The Morgan fingerprint density at radius 3 is 2.59 bits per heavy atom. The van der Waals surface area contributed by atoms with Crippen molar-refractivity contribution in [2.75, 3.05) is 10.2 Å². The van der Waals surface area contributed by atoms with Crippen LogP contribution in [0, 0.1) is 0 Å². The number of hydrogen-bond acceptors (Lipinski definition) is 5. The van der Waals surface area contributed by atoms with Crippen LogP contribution in [0.5, 0.6) is 0 Å². The second-order valence-corrected chi connectivity index (χ2v) is 7.22. The van der Waals surface area contributed by atoms with E-state index in [1.54, 1.807) is 42.5 Å². The van der Waals surface area contributed by atoms with Crippen LogP contribution in [0.15, 0.2) is 59.3 Å². The molecule has 29 heavy (non-hydrogen) atoms. The number of carbonyl (C=O) groups excluding carboxylic acids is 2. The van der Waals surface area contributed by atoms with Crippen LogP contribution in [0.2, 0.25) is 0 Å². The number of rotatable bonds is 4. The molecule has 0 radical (unpaired) electrons. The van der Waals surface area contributed by atoms with Crippen LogP contribution in [0.25, 0.3) is 11.5 Å². The van der Waals surface area contributed by atoms with E-state index in [1.165, 1.54) is 0 Å². The largest absolute Gasteiger partial charge is 0.445 e. The summed E-state index contributed by atoms with van der Waals surface area (Å²) >= 11 is 0. The monoisotopic (exact) mass is 390 g/mol. The molecule has 0 bridgehead atoms. The summed E-state index contributed by atoms with van der Waals surface area (Å²) < 4.78 is 5.33. The van der Waals surface area contributed by atoms with E-state index in [0.29, 0.717) is 17.9 Å². The van der Waals surface area contributed by atoms with Crippen LogP contribution in [0.4, 0.5) is 11.4 Å². The summed E-state index contributed by atoms with van der Waals surface area (Å²) in [6, 6.07) is 13.0. The van der Waals surface area contributed by atoms with Gasteiger partial charge in [-0.05, 0) is 61.4 Å². The van der Waals surface area contributed by atoms with Gasteiger partial charge in [0.05, 0.1) is 12.2 Å². The smallest absolute Gasteiger partial charge is 0.248 e. The molecule has 7 heteroatoms. The Kier molecular flexibility index (Phi) is 4.80. The number of fused-ring (bicyclic) bond motifs is 1. The van der Waals surface area contributed by atoms with Gasteiger partial charge in [0.2, 0.25) is 17.7 Å². The van der Waals surface area contributed by atoms with Crippen LogP contribution >= 0.6 is 0 Å². The summed E-state index contributed by atoms with van der Waals surface area (Å²) in [5.74, 6) is 0.0468. The molecule has 2 aromatic carbocycles. The molecule has 2 unspecified atom stereocenters. The summed E-state index contributed by atoms with van der Waals surface area (Å²) in [5.41, 5.74) is 9.39. The SMILES string of the molecule is CC(=O)N1c2ccc(C(N)=O)cc2C(Nc2ccc(-c3ncco3)cc2)CC1C. The minimum Gasteiger partial charge on any atom is -0.445 e. The summed E-state index contributed by atoms with van der Waals surface area (Å²) in [5, 5.41) is 3.52. The molecule has 2 heterocycles. The van der Waals surface area contributed by atoms with E-state index in [9.17, 15) is 9.59 Å². The zero-order chi connectivity index (χ0) is 20.5. The molecule has 0 aliphatic carbocycles. The van der Waals surface area contributed by atoms with E-state index in [-0.39, 0.29) is 18.0 Å². The number of oxazole rings is 1. The number of nitrogens with two attached hydrogens (primary N) is 1. The van der Waals surface area contributed by atoms with Crippen molar-refractivity contribution in [1.82, 2.24) is 4.98 Å². The molecule has 7 nitrogen and oxygen atoms in total. The number of benzene rings is 2. The molecule has 148 valence electrons. The standard InChI is InChI=1S/C22H22N4O3/c1-13-11-19(25-17-6-3-15(4-7-17)22-24-9-10-29-22)18-12-16(21(23)28)5-8-20(18)26(13)14(2)27/h3-10,12-13,19,25H,11H2,1-2H3,(H2,23,28). The maximum Gasteiger partial charge on any atom is 0.248 e. The van der Waals surface area contributed by atoms with Crippen LogP contribution in [-0.4, -0.2) is 22.8 Å². The molecule has 0 spiro atoms. The molecule has 1 aromatic heterocycles. The number of anilines is 2. The first-order chi connectivity index (χ1) is 13.9. The second-order valence-electron chi connectivity index (χ2n) is 7.22. The van der Waals surface area contributed by atoms with Crippen molar-refractivity contribution in [3.63, 3.8) is 0 Å². The predicted molar refractivity (Wildman–Crippen MR) is 111 cm³/mol. The Hall–Kier alpha value is -3.61. The Labute approximate surface area is 168 Å². The van der Waals surface area contributed by atoms with Gasteiger partial charge in [-0.15, -0.1) is 0 Å². The van der Waals surface area contributed by atoms with Gasteiger partial charge < -0.3 is 20.4 Å². The maximum atomic E-state index is 12.2. The Morgan fingerprint density at radius 2 is 1.97 bits per heavy atom. The van der Waals surface area contributed by atoms with Crippen molar-refractivity contribution in [3.8, 4) is 11.5 Å². The number of hydrogen-bond donors (Lipinski definition) is 2. The Morgan fingerprint density at radius 1 is 1.21 bits per heavy atom. The van der Waals surface area contributed by atoms with Crippen LogP contribution < -0.4 is 16.0 Å². The van der Waals surface area contributed by atoms with E-state index in [0.717, 1.165) is 22.5 Å². The van der Waals surface area contributed by atoms with Crippen molar-refractivity contribution in [1.29, 1.82) is 0 Å². The Balaban J connectivity index is 1.66. The minimum absolute atomic E-state index is 0.0171. The predicted octanol–water partition coefficient (Wildman–Crippen LogP) is 3.74. The average molecular weight is 390 g/mol. The molecule has 0 saturated carbocycles. The molecular formula is C22H22N4O3. The van der Waals surface area contributed by atoms with Crippen molar-refractivity contribution in [2.24, 2.45) is 5.73 Å². The lowest BCUT2D eigenvalue weighted by Crippen LogP contribution is -2.43. The van der Waals surface area contributed by atoms with E-state index in [1.807, 2.05) is 31.2 Å². The van der Waals surface area contributed by atoms with Gasteiger partial charge in [-0.2, -0.15) is 0 Å². The fraction of sp³-hybridized carbons (Fsp3) is 0.227. The summed E-state index contributed by atoms with van der Waals surface area (Å²) in [7, 11) is 0. The first-order valence-electron chi connectivity index (χ1n) is 9.44. The number of aromatic nitrogens is 1. The molecule has 1 aliphatic heterocycles. The highest BCUT2D eigenvalue weighted by atomic mass is 16.3. The highest BCUT2D eigenvalue weighted by Gasteiger charge is 2.32. The highest BCUT2D eigenvalue weighted by Crippen LogP contribution is 2.39. The van der Waals surface area contributed by atoms with Crippen LogP contribution in [0.1, 0.15) is 42.2 Å². The molecule has 0 fully saturated rings. The normalized spacial score (nSPS) is 18.2. The molecule has 4 rings (SSSR count).